The molecular weight excluding hydrogens is 213 g/mol. The molecule has 0 fully saturated rings. The zero-order chi connectivity index (χ0) is 11.2. The maximum absolute atomic E-state index is 5.57. The molecule has 2 N–H and O–H groups in total. The van der Waals surface area contributed by atoms with Crippen molar-refractivity contribution < 1.29 is 0 Å². The fraction of sp³-hybridized carbons (Fsp3) is 0.143. The van der Waals surface area contributed by atoms with Crippen molar-refractivity contribution in [1.29, 1.82) is 0 Å². The van der Waals surface area contributed by atoms with Crippen LogP contribution in [0.3, 0.4) is 0 Å². The predicted octanol–water partition coefficient (Wildman–Crippen LogP) is 2.65. The van der Waals surface area contributed by atoms with Crippen LogP contribution < -0.4 is 11.0 Å². The van der Waals surface area contributed by atoms with Crippen molar-refractivity contribution >= 4 is 13.9 Å². The van der Waals surface area contributed by atoms with Crippen LogP contribution in [0.2, 0.25) is 0 Å². The van der Waals surface area contributed by atoms with Crippen molar-refractivity contribution in [2.45, 2.75) is 12.7 Å². The van der Waals surface area contributed by atoms with Gasteiger partial charge in [0.1, 0.15) is 0 Å². The highest BCUT2D eigenvalue weighted by molar-refractivity contribution is 7.46. The van der Waals surface area contributed by atoms with Crippen molar-refractivity contribution in [2.75, 3.05) is 0 Å². The van der Waals surface area contributed by atoms with Gasteiger partial charge >= 0.3 is 0 Å². The lowest BCUT2D eigenvalue weighted by atomic mass is 10.2. The molecule has 2 heteroatoms. The van der Waals surface area contributed by atoms with Gasteiger partial charge in [0.2, 0.25) is 0 Å². The van der Waals surface area contributed by atoms with E-state index < -0.39 is 0 Å². The fourth-order valence-corrected chi connectivity index (χ4v) is 2.60. The van der Waals surface area contributed by atoms with E-state index in [1.165, 1.54) is 16.4 Å². The van der Waals surface area contributed by atoms with E-state index in [1.54, 1.807) is 0 Å². The molecule has 0 aliphatic carbocycles. The van der Waals surface area contributed by atoms with E-state index in [4.69, 9.17) is 5.73 Å². The molecule has 0 spiro atoms. The second-order valence-electron chi connectivity index (χ2n) is 3.74. The van der Waals surface area contributed by atoms with Crippen LogP contribution in [0.5, 0.6) is 0 Å². The third kappa shape index (κ3) is 3.16. The van der Waals surface area contributed by atoms with E-state index in [2.05, 4.69) is 54.6 Å². The summed E-state index contributed by atoms with van der Waals surface area (Å²) in [7, 11) is 0.839. The van der Waals surface area contributed by atoms with Crippen molar-refractivity contribution in [1.82, 2.24) is 0 Å². The molecule has 0 amide bonds. The van der Waals surface area contributed by atoms with Crippen LogP contribution in [0.1, 0.15) is 11.1 Å². The summed E-state index contributed by atoms with van der Waals surface area (Å²) >= 11 is 0. The molecule has 0 saturated carbocycles. The number of rotatable bonds is 4. The average Bonchev–Trinajstić information content (AvgIpc) is 2.38. The smallest absolute Gasteiger partial charge is 0.0178 e. The predicted molar refractivity (Wildman–Crippen MR) is 72.4 cm³/mol. The summed E-state index contributed by atoms with van der Waals surface area (Å²) in [5.41, 5.74) is 8.18. The van der Waals surface area contributed by atoms with Crippen LogP contribution in [0.4, 0.5) is 0 Å². The van der Waals surface area contributed by atoms with Gasteiger partial charge in [0.15, 0.2) is 0 Å². The van der Waals surface area contributed by atoms with E-state index in [0.717, 1.165) is 14.7 Å². The molecule has 2 aromatic carbocycles. The molecular formula is C14H16NP. The molecule has 1 atom stereocenters. The van der Waals surface area contributed by atoms with E-state index in [1.807, 2.05) is 0 Å². The molecule has 0 saturated heterocycles. The van der Waals surface area contributed by atoms with Gasteiger partial charge in [0, 0.05) is 6.54 Å². The van der Waals surface area contributed by atoms with Crippen LogP contribution in [0, 0.1) is 0 Å². The molecule has 0 heterocycles. The molecule has 1 nitrogen and oxygen atoms in total. The summed E-state index contributed by atoms with van der Waals surface area (Å²) in [5, 5.41) is 1.40. The zero-order valence-electron chi connectivity index (χ0n) is 9.19. The Hall–Kier alpha value is -1.17. The van der Waals surface area contributed by atoms with Crippen LogP contribution >= 0.6 is 8.58 Å². The Kier molecular flexibility index (Phi) is 4.10. The maximum atomic E-state index is 5.57. The minimum Gasteiger partial charge on any atom is -0.326 e. The van der Waals surface area contributed by atoms with Gasteiger partial charge in [-0.25, -0.2) is 0 Å². The normalized spacial score (nSPS) is 11.1. The molecule has 1 unspecified atom stereocenters. The summed E-state index contributed by atoms with van der Waals surface area (Å²) in [4.78, 5) is 0. The first-order valence-corrected chi connectivity index (χ1v) is 6.66. The number of nitrogens with two attached hydrogens (primary N) is 1. The SMILES string of the molecule is NCc1ccc(PCc2ccccc2)cc1. The van der Waals surface area contributed by atoms with E-state index in [9.17, 15) is 0 Å². The summed E-state index contributed by atoms with van der Waals surface area (Å²) in [6.07, 6.45) is 1.13. The Morgan fingerprint density at radius 2 is 1.50 bits per heavy atom. The van der Waals surface area contributed by atoms with E-state index >= 15 is 0 Å². The first-order chi connectivity index (χ1) is 7.88. The monoisotopic (exact) mass is 229 g/mol. The van der Waals surface area contributed by atoms with Crippen LogP contribution in [-0.2, 0) is 12.7 Å². The molecule has 0 aliphatic heterocycles. The van der Waals surface area contributed by atoms with Gasteiger partial charge in [0.25, 0.3) is 0 Å². The van der Waals surface area contributed by atoms with Gasteiger partial charge in [-0.3, -0.25) is 0 Å². The van der Waals surface area contributed by atoms with Gasteiger partial charge in [-0.05, 0) is 22.6 Å². The minimum absolute atomic E-state index is 0.627. The number of benzene rings is 2. The lowest BCUT2D eigenvalue weighted by molar-refractivity contribution is 1.07. The quantitative estimate of drug-likeness (QED) is 0.801. The van der Waals surface area contributed by atoms with Gasteiger partial charge in [-0.15, -0.1) is 0 Å². The Bertz CT molecular complexity index is 422. The fourth-order valence-electron chi connectivity index (χ4n) is 1.56. The first-order valence-electron chi connectivity index (χ1n) is 5.45. The molecule has 2 rings (SSSR count). The minimum atomic E-state index is 0.627. The zero-order valence-corrected chi connectivity index (χ0v) is 10.2. The van der Waals surface area contributed by atoms with Gasteiger partial charge in [-0.1, -0.05) is 63.2 Å². The number of hydrogen-bond acceptors (Lipinski definition) is 1. The lowest BCUT2D eigenvalue weighted by Gasteiger charge is -2.03. The van der Waals surface area contributed by atoms with Gasteiger partial charge in [0.05, 0.1) is 0 Å². The van der Waals surface area contributed by atoms with Crippen LogP contribution in [-0.4, -0.2) is 0 Å². The Balaban J connectivity index is 1.94. The van der Waals surface area contributed by atoms with Crippen molar-refractivity contribution in [2.24, 2.45) is 5.73 Å². The second kappa shape index (κ2) is 5.79. The maximum Gasteiger partial charge on any atom is 0.0178 e. The Morgan fingerprint density at radius 3 is 2.12 bits per heavy atom. The second-order valence-corrected chi connectivity index (χ2v) is 5.02. The summed E-state index contributed by atoms with van der Waals surface area (Å²) in [5.74, 6) is 0. The average molecular weight is 229 g/mol. The standard InChI is InChI=1S/C14H16NP/c15-10-12-6-8-14(9-7-12)16-11-13-4-2-1-3-5-13/h1-9,16H,10-11,15H2. The van der Waals surface area contributed by atoms with E-state index in [-0.39, 0.29) is 0 Å². The van der Waals surface area contributed by atoms with Crippen LogP contribution in [0.15, 0.2) is 54.6 Å². The number of hydrogen-bond donors (Lipinski definition) is 1. The van der Waals surface area contributed by atoms with Gasteiger partial charge < -0.3 is 5.73 Å². The summed E-state index contributed by atoms with van der Waals surface area (Å²) in [6, 6.07) is 19.2. The highest BCUT2D eigenvalue weighted by atomic mass is 31.1. The highest BCUT2D eigenvalue weighted by Gasteiger charge is 1.95. The van der Waals surface area contributed by atoms with E-state index in [0.29, 0.717) is 6.54 Å². The topological polar surface area (TPSA) is 26.0 Å². The Labute approximate surface area is 98.5 Å². The molecule has 2 aromatic rings. The largest absolute Gasteiger partial charge is 0.326 e. The third-order valence-corrected chi connectivity index (χ3v) is 3.86. The highest BCUT2D eigenvalue weighted by Crippen LogP contribution is 2.18. The molecule has 0 bridgehead atoms. The molecule has 0 aliphatic rings. The molecule has 0 aromatic heterocycles. The van der Waals surface area contributed by atoms with Crippen LogP contribution in [0.25, 0.3) is 0 Å². The van der Waals surface area contributed by atoms with Crippen molar-refractivity contribution in [3.8, 4) is 0 Å². The van der Waals surface area contributed by atoms with Crippen molar-refractivity contribution in [3.63, 3.8) is 0 Å². The molecule has 16 heavy (non-hydrogen) atoms. The molecule has 0 radical (unpaired) electrons. The Morgan fingerprint density at radius 1 is 0.812 bits per heavy atom. The first kappa shape index (κ1) is 11.3. The van der Waals surface area contributed by atoms with Crippen molar-refractivity contribution in [3.05, 3.63) is 65.7 Å². The van der Waals surface area contributed by atoms with Gasteiger partial charge in [-0.2, -0.15) is 0 Å². The summed E-state index contributed by atoms with van der Waals surface area (Å²) in [6.45, 7) is 0.627. The third-order valence-electron chi connectivity index (χ3n) is 2.53. The molecule has 82 valence electrons. The lowest BCUT2D eigenvalue weighted by Crippen LogP contribution is -1.99. The summed E-state index contributed by atoms with van der Waals surface area (Å²) < 4.78 is 0.